The predicted molar refractivity (Wildman–Crippen MR) is 68.8 cm³/mol. The Balaban J connectivity index is 1.99. The zero-order chi connectivity index (χ0) is 12.0. The van der Waals surface area contributed by atoms with Crippen molar-refractivity contribution in [1.29, 1.82) is 0 Å². The molecule has 1 atom stereocenters. The first-order chi connectivity index (χ1) is 7.52. The van der Waals surface area contributed by atoms with E-state index in [9.17, 15) is 0 Å². The molecule has 0 aromatic rings. The maximum atomic E-state index is 5.60. The van der Waals surface area contributed by atoms with Crippen molar-refractivity contribution in [2.45, 2.75) is 51.2 Å². The number of hydrogen-bond donors (Lipinski definition) is 1. The molecule has 1 saturated heterocycles. The van der Waals surface area contributed by atoms with Crippen LogP contribution < -0.4 is 5.32 Å². The fraction of sp³-hybridized carbons (Fsp3) is 1.00. The van der Waals surface area contributed by atoms with Crippen LogP contribution in [0, 0.1) is 0 Å². The summed E-state index contributed by atoms with van der Waals surface area (Å²) in [7, 11) is 4.27. The minimum Gasteiger partial charge on any atom is -0.378 e. The minimum absolute atomic E-state index is 0.240. The van der Waals surface area contributed by atoms with Crippen molar-refractivity contribution in [2.75, 3.05) is 33.8 Å². The largest absolute Gasteiger partial charge is 0.378 e. The van der Waals surface area contributed by atoms with Gasteiger partial charge in [-0.05, 0) is 60.2 Å². The highest BCUT2D eigenvalue weighted by Crippen LogP contribution is 2.16. The molecule has 0 saturated carbocycles. The third-order valence-corrected chi connectivity index (χ3v) is 3.67. The second-order valence-electron chi connectivity index (χ2n) is 5.66. The zero-order valence-electron chi connectivity index (χ0n) is 11.4. The van der Waals surface area contributed by atoms with Crippen molar-refractivity contribution in [1.82, 2.24) is 10.2 Å². The molecule has 1 heterocycles. The lowest BCUT2D eigenvalue weighted by Gasteiger charge is -2.32. The van der Waals surface area contributed by atoms with Crippen LogP contribution in [0.1, 0.15) is 39.5 Å². The van der Waals surface area contributed by atoms with Crippen molar-refractivity contribution >= 4 is 0 Å². The van der Waals surface area contributed by atoms with E-state index in [1.807, 2.05) is 0 Å². The molecular formula is C13H28N2O. The van der Waals surface area contributed by atoms with Gasteiger partial charge in [-0.3, -0.25) is 0 Å². The van der Waals surface area contributed by atoms with Crippen LogP contribution in [0.25, 0.3) is 0 Å². The Morgan fingerprint density at radius 3 is 2.69 bits per heavy atom. The topological polar surface area (TPSA) is 24.5 Å². The van der Waals surface area contributed by atoms with Crippen LogP contribution in [0.4, 0.5) is 0 Å². The third kappa shape index (κ3) is 4.81. The molecule has 3 nitrogen and oxygen atoms in total. The van der Waals surface area contributed by atoms with Gasteiger partial charge in [0.2, 0.25) is 0 Å². The maximum absolute atomic E-state index is 5.60. The molecule has 16 heavy (non-hydrogen) atoms. The Morgan fingerprint density at radius 1 is 1.38 bits per heavy atom. The third-order valence-electron chi connectivity index (χ3n) is 3.67. The van der Waals surface area contributed by atoms with Crippen LogP contribution in [0.15, 0.2) is 0 Å². The van der Waals surface area contributed by atoms with Gasteiger partial charge in [0.15, 0.2) is 0 Å². The molecule has 0 aliphatic carbocycles. The maximum Gasteiger partial charge on any atom is 0.0576 e. The average molecular weight is 228 g/mol. The van der Waals surface area contributed by atoms with Gasteiger partial charge in [-0.15, -0.1) is 0 Å². The molecule has 0 spiro atoms. The van der Waals surface area contributed by atoms with E-state index in [4.69, 9.17) is 4.74 Å². The molecule has 0 bridgehead atoms. The van der Waals surface area contributed by atoms with Crippen molar-refractivity contribution in [3.8, 4) is 0 Å². The molecule has 0 aromatic heterocycles. The Labute approximate surface area is 101 Å². The van der Waals surface area contributed by atoms with Crippen LogP contribution in [0.2, 0.25) is 0 Å². The van der Waals surface area contributed by atoms with Gasteiger partial charge in [0.25, 0.3) is 0 Å². The second kappa shape index (κ2) is 6.58. The summed E-state index contributed by atoms with van der Waals surface area (Å²) in [6.07, 6.45) is 5.52. The van der Waals surface area contributed by atoms with Gasteiger partial charge in [-0.2, -0.15) is 0 Å². The molecule has 0 amide bonds. The molecule has 1 unspecified atom stereocenters. The smallest absolute Gasteiger partial charge is 0.0576 e. The van der Waals surface area contributed by atoms with E-state index < -0.39 is 0 Å². The lowest BCUT2D eigenvalue weighted by atomic mass is 10.0. The number of nitrogens with zero attached hydrogens (tertiary/aromatic N) is 1. The summed E-state index contributed by atoms with van der Waals surface area (Å²) in [6.45, 7) is 7.66. The van der Waals surface area contributed by atoms with Crippen LogP contribution in [-0.2, 0) is 4.74 Å². The predicted octanol–water partition coefficient (Wildman–Crippen LogP) is 1.88. The van der Waals surface area contributed by atoms with Crippen LogP contribution in [0.3, 0.4) is 0 Å². The van der Waals surface area contributed by atoms with Crippen LogP contribution >= 0.6 is 0 Å². The monoisotopic (exact) mass is 228 g/mol. The molecule has 1 aliphatic rings. The second-order valence-corrected chi connectivity index (χ2v) is 5.66. The first-order valence-electron chi connectivity index (χ1n) is 6.52. The normalized spacial score (nSPS) is 21.9. The molecule has 1 rings (SSSR count). The van der Waals surface area contributed by atoms with Gasteiger partial charge in [0.1, 0.15) is 0 Å². The average Bonchev–Trinajstić information content (AvgIpc) is 2.69. The molecule has 1 fully saturated rings. The Bertz CT molecular complexity index is 186. The summed E-state index contributed by atoms with van der Waals surface area (Å²) < 4.78 is 5.60. The molecule has 0 aromatic carbocycles. The van der Waals surface area contributed by atoms with Gasteiger partial charge < -0.3 is 15.0 Å². The van der Waals surface area contributed by atoms with Gasteiger partial charge >= 0.3 is 0 Å². The van der Waals surface area contributed by atoms with E-state index in [-0.39, 0.29) is 5.54 Å². The standard InChI is InChI=1S/C13H28N2O/c1-13(2,15(3)4)11-14-9-5-7-12-8-6-10-16-12/h12,14H,5-11H2,1-4H3. The van der Waals surface area contributed by atoms with Gasteiger partial charge in [-0.25, -0.2) is 0 Å². The van der Waals surface area contributed by atoms with E-state index in [1.54, 1.807) is 0 Å². The highest BCUT2D eigenvalue weighted by Gasteiger charge is 2.19. The molecule has 1 N–H and O–H groups in total. The summed E-state index contributed by atoms with van der Waals surface area (Å²) in [4.78, 5) is 2.26. The number of nitrogens with one attached hydrogen (secondary N) is 1. The fourth-order valence-electron chi connectivity index (χ4n) is 1.88. The molecular weight excluding hydrogens is 200 g/mol. The molecule has 0 radical (unpaired) electrons. The van der Waals surface area contributed by atoms with E-state index >= 15 is 0 Å². The van der Waals surface area contributed by atoms with Gasteiger partial charge in [0, 0.05) is 18.7 Å². The first-order valence-corrected chi connectivity index (χ1v) is 6.52. The van der Waals surface area contributed by atoms with Gasteiger partial charge in [0.05, 0.1) is 6.10 Å². The molecule has 96 valence electrons. The summed E-state index contributed by atoms with van der Waals surface area (Å²) in [5, 5.41) is 3.53. The number of ether oxygens (including phenoxy) is 1. The fourth-order valence-corrected chi connectivity index (χ4v) is 1.88. The van der Waals surface area contributed by atoms with E-state index in [0.29, 0.717) is 6.10 Å². The highest BCUT2D eigenvalue weighted by molar-refractivity contribution is 4.79. The summed E-state index contributed by atoms with van der Waals surface area (Å²) in [5.74, 6) is 0. The van der Waals surface area contributed by atoms with Crippen molar-refractivity contribution < 1.29 is 4.74 Å². The molecule has 3 heteroatoms. The lowest BCUT2D eigenvalue weighted by molar-refractivity contribution is 0.102. The Hall–Kier alpha value is -0.120. The summed E-state index contributed by atoms with van der Waals surface area (Å²) in [5.41, 5.74) is 0.240. The highest BCUT2D eigenvalue weighted by atomic mass is 16.5. The molecule has 1 aliphatic heterocycles. The van der Waals surface area contributed by atoms with Gasteiger partial charge in [-0.1, -0.05) is 0 Å². The van der Waals surface area contributed by atoms with Crippen molar-refractivity contribution in [2.24, 2.45) is 0 Å². The zero-order valence-corrected chi connectivity index (χ0v) is 11.4. The van der Waals surface area contributed by atoms with E-state index in [0.717, 1.165) is 19.7 Å². The number of rotatable bonds is 7. The summed E-state index contributed by atoms with van der Waals surface area (Å²) >= 11 is 0. The number of hydrogen-bond acceptors (Lipinski definition) is 3. The summed E-state index contributed by atoms with van der Waals surface area (Å²) in [6, 6.07) is 0. The Morgan fingerprint density at radius 2 is 2.12 bits per heavy atom. The number of likely N-dealkylation sites (N-methyl/N-ethyl adjacent to an activating group) is 1. The minimum atomic E-state index is 0.240. The van der Waals surface area contributed by atoms with Crippen LogP contribution in [-0.4, -0.2) is 50.3 Å². The van der Waals surface area contributed by atoms with Crippen molar-refractivity contribution in [3.63, 3.8) is 0 Å². The van der Waals surface area contributed by atoms with E-state index in [1.165, 1.54) is 25.7 Å². The lowest BCUT2D eigenvalue weighted by Crippen LogP contribution is -2.46. The SMILES string of the molecule is CN(C)C(C)(C)CNCCCC1CCCO1. The van der Waals surface area contributed by atoms with E-state index in [2.05, 4.69) is 38.2 Å². The quantitative estimate of drug-likeness (QED) is 0.673. The van der Waals surface area contributed by atoms with Crippen LogP contribution in [0.5, 0.6) is 0 Å². The first kappa shape index (κ1) is 13.9. The Kier molecular flexibility index (Phi) is 5.73. The van der Waals surface area contributed by atoms with Crippen molar-refractivity contribution in [3.05, 3.63) is 0 Å².